The van der Waals surface area contributed by atoms with Gasteiger partial charge in [-0.15, -0.1) is 0 Å². The Kier molecular flexibility index (Phi) is 5.82. The predicted octanol–water partition coefficient (Wildman–Crippen LogP) is 2.91. The molecule has 0 atom stereocenters. The molecule has 0 unspecified atom stereocenters. The van der Waals surface area contributed by atoms with Gasteiger partial charge in [0.1, 0.15) is 10.6 Å². The first kappa shape index (κ1) is 25.0. The van der Waals surface area contributed by atoms with E-state index >= 15 is 0 Å². The van der Waals surface area contributed by atoms with Crippen molar-refractivity contribution < 1.29 is 26.3 Å². The van der Waals surface area contributed by atoms with E-state index in [0.717, 1.165) is 38.3 Å². The van der Waals surface area contributed by atoms with Crippen molar-refractivity contribution >= 4 is 10.0 Å². The zero-order valence-electron chi connectivity index (χ0n) is 21.0. The standard InChI is InChI=1S/C25H35F3N4O3S/c1-17-7-21(25(26,27)28)29-18(2)22(17)36(33,34)32-15-24(16-32)13-31(14-24)20-8-23(9-20)11-30(12-23)10-19-3-5-35-6-4-19/h7,19-20H,3-6,8-16H2,1-2H3. The fourth-order valence-corrected chi connectivity index (χ4v) is 9.44. The van der Waals surface area contributed by atoms with Gasteiger partial charge < -0.3 is 9.64 Å². The van der Waals surface area contributed by atoms with Crippen molar-refractivity contribution in [1.29, 1.82) is 0 Å². The van der Waals surface area contributed by atoms with E-state index in [1.807, 2.05) is 0 Å². The molecule has 36 heavy (non-hydrogen) atoms. The molecule has 11 heteroatoms. The van der Waals surface area contributed by atoms with Crippen molar-refractivity contribution in [3.63, 3.8) is 0 Å². The second-order valence-corrected chi connectivity index (χ2v) is 14.1. The number of sulfonamides is 1. The average Bonchev–Trinajstić information content (AvgIpc) is 2.67. The Morgan fingerprint density at radius 1 is 1.03 bits per heavy atom. The second kappa shape index (κ2) is 8.36. The van der Waals surface area contributed by atoms with Crippen LogP contribution >= 0.6 is 0 Å². The van der Waals surface area contributed by atoms with Gasteiger partial charge in [0.2, 0.25) is 10.0 Å². The third-order valence-corrected chi connectivity index (χ3v) is 11.2. The van der Waals surface area contributed by atoms with Crippen molar-refractivity contribution in [3.8, 4) is 0 Å². The summed E-state index contributed by atoms with van der Waals surface area (Å²) in [5.74, 6) is 0.783. The highest BCUT2D eigenvalue weighted by molar-refractivity contribution is 7.89. The van der Waals surface area contributed by atoms with Crippen molar-refractivity contribution in [1.82, 2.24) is 19.1 Å². The maximum atomic E-state index is 13.2. The van der Waals surface area contributed by atoms with Crippen molar-refractivity contribution in [2.24, 2.45) is 16.7 Å². The van der Waals surface area contributed by atoms with Crippen LogP contribution in [0.5, 0.6) is 0 Å². The van der Waals surface area contributed by atoms with E-state index in [1.165, 1.54) is 63.5 Å². The van der Waals surface area contributed by atoms with Gasteiger partial charge in [-0.1, -0.05) is 0 Å². The summed E-state index contributed by atoms with van der Waals surface area (Å²) in [4.78, 5) is 8.58. The van der Waals surface area contributed by atoms with Gasteiger partial charge in [-0.25, -0.2) is 13.4 Å². The third kappa shape index (κ3) is 4.19. The van der Waals surface area contributed by atoms with Crippen LogP contribution in [0.15, 0.2) is 11.0 Å². The number of aromatic nitrogens is 1. The molecule has 5 heterocycles. The first-order valence-electron chi connectivity index (χ1n) is 13.0. The lowest BCUT2D eigenvalue weighted by molar-refractivity contribution is -0.171. The highest BCUT2D eigenvalue weighted by Gasteiger charge is 2.61. The van der Waals surface area contributed by atoms with Gasteiger partial charge in [-0.3, -0.25) is 4.90 Å². The summed E-state index contributed by atoms with van der Waals surface area (Å²) in [7, 11) is -3.86. The lowest BCUT2D eigenvalue weighted by Gasteiger charge is -2.67. The number of likely N-dealkylation sites (tertiary alicyclic amines) is 2. The second-order valence-electron chi connectivity index (χ2n) is 12.2. The van der Waals surface area contributed by atoms with Crippen LogP contribution in [0.3, 0.4) is 0 Å². The number of halogens is 3. The van der Waals surface area contributed by atoms with E-state index < -0.39 is 21.9 Å². The lowest BCUT2D eigenvalue weighted by atomic mass is 9.58. The number of pyridine rings is 1. The molecular weight excluding hydrogens is 493 g/mol. The fourth-order valence-electron chi connectivity index (χ4n) is 7.41. The molecular formula is C25H35F3N4O3S. The van der Waals surface area contributed by atoms with Crippen LogP contribution in [-0.2, 0) is 20.9 Å². The summed E-state index contributed by atoms with van der Waals surface area (Å²) < 4.78 is 72.5. The molecule has 0 amide bonds. The molecule has 1 aliphatic carbocycles. The molecule has 7 nitrogen and oxygen atoms in total. The summed E-state index contributed by atoms with van der Waals surface area (Å²) >= 11 is 0. The topological polar surface area (TPSA) is 66.0 Å². The van der Waals surface area contributed by atoms with Crippen LogP contribution in [-0.4, -0.2) is 92.6 Å². The molecule has 0 N–H and O–H groups in total. The molecule has 0 aromatic carbocycles. The largest absolute Gasteiger partial charge is 0.433 e. The van der Waals surface area contributed by atoms with Crippen molar-refractivity contribution in [3.05, 3.63) is 23.0 Å². The molecule has 6 rings (SSSR count). The minimum atomic E-state index is -4.60. The number of aryl methyl sites for hydroxylation is 2. The Morgan fingerprint density at radius 3 is 2.25 bits per heavy atom. The smallest absolute Gasteiger partial charge is 0.381 e. The lowest BCUT2D eigenvalue weighted by Crippen LogP contribution is -2.77. The van der Waals surface area contributed by atoms with Crippen LogP contribution in [0.1, 0.15) is 42.6 Å². The van der Waals surface area contributed by atoms with Gasteiger partial charge in [0.25, 0.3) is 0 Å². The third-order valence-electron chi connectivity index (χ3n) is 9.15. The van der Waals surface area contributed by atoms with Gasteiger partial charge in [0.15, 0.2) is 0 Å². The highest BCUT2D eigenvalue weighted by atomic mass is 32.2. The summed E-state index contributed by atoms with van der Waals surface area (Å²) in [6.07, 6.45) is 0.249. The number of ether oxygens (including phenoxy) is 1. The molecule has 0 radical (unpaired) electrons. The first-order chi connectivity index (χ1) is 16.9. The monoisotopic (exact) mass is 528 g/mol. The van der Waals surface area contributed by atoms with Crippen molar-refractivity contribution in [2.45, 2.75) is 56.6 Å². The summed E-state index contributed by atoms with van der Waals surface area (Å²) in [5, 5.41) is 0. The molecule has 1 aromatic heterocycles. The van der Waals surface area contributed by atoms with Gasteiger partial charge in [0.05, 0.1) is 5.69 Å². The summed E-state index contributed by atoms with van der Waals surface area (Å²) in [6.45, 7) is 10.9. The molecule has 0 bridgehead atoms. The van der Waals surface area contributed by atoms with Gasteiger partial charge >= 0.3 is 6.18 Å². The molecule has 5 aliphatic rings. The maximum Gasteiger partial charge on any atom is 0.433 e. The van der Waals surface area contributed by atoms with E-state index in [2.05, 4.69) is 14.8 Å². The van der Waals surface area contributed by atoms with Crippen LogP contribution in [0.4, 0.5) is 13.2 Å². The quantitative estimate of drug-likeness (QED) is 0.586. The minimum absolute atomic E-state index is 0.00826. The first-order valence-corrected chi connectivity index (χ1v) is 14.4. The Labute approximate surface area is 211 Å². The van der Waals surface area contributed by atoms with Gasteiger partial charge in [-0.2, -0.15) is 17.5 Å². The summed E-state index contributed by atoms with van der Waals surface area (Å²) in [5.41, 5.74) is -0.562. The normalized spacial score (nSPS) is 27.5. The number of hydrogen-bond acceptors (Lipinski definition) is 6. The fraction of sp³-hybridized carbons (Fsp3) is 0.800. The molecule has 4 saturated heterocycles. The molecule has 200 valence electrons. The molecule has 5 fully saturated rings. The SMILES string of the molecule is Cc1cc(C(F)(F)F)nc(C)c1S(=O)(=O)N1CC2(CN(C3CC4(C3)CN(CC3CCOCC3)C4)C2)C1. The van der Waals surface area contributed by atoms with Crippen LogP contribution in [0.2, 0.25) is 0 Å². The minimum Gasteiger partial charge on any atom is -0.381 e. The Bertz CT molecular complexity index is 1100. The zero-order chi connectivity index (χ0) is 25.5. The van der Waals surface area contributed by atoms with Gasteiger partial charge in [0, 0.05) is 70.5 Å². The maximum absolute atomic E-state index is 13.2. The van der Waals surface area contributed by atoms with Gasteiger partial charge in [-0.05, 0) is 62.5 Å². The average molecular weight is 529 g/mol. The highest BCUT2D eigenvalue weighted by Crippen LogP contribution is 2.54. The van der Waals surface area contributed by atoms with E-state index in [0.29, 0.717) is 24.5 Å². The Morgan fingerprint density at radius 2 is 1.67 bits per heavy atom. The van der Waals surface area contributed by atoms with E-state index in [9.17, 15) is 21.6 Å². The van der Waals surface area contributed by atoms with Crippen LogP contribution < -0.4 is 0 Å². The van der Waals surface area contributed by atoms with Crippen LogP contribution in [0, 0.1) is 30.6 Å². The number of nitrogens with zero attached hydrogens (tertiary/aromatic N) is 4. The number of alkyl halides is 3. The Balaban J connectivity index is 0.982. The van der Waals surface area contributed by atoms with Crippen molar-refractivity contribution in [2.75, 3.05) is 59.0 Å². The summed E-state index contributed by atoms with van der Waals surface area (Å²) in [6, 6.07) is 1.44. The predicted molar refractivity (Wildman–Crippen MR) is 127 cm³/mol. The zero-order valence-corrected chi connectivity index (χ0v) is 21.8. The molecule has 2 spiro atoms. The Hall–Kier alpha value is -1.27. The molecule has 1 aromatic rings. The molecule has 4 aliphatic heterocycles. The molecule has 1 saturated carbocycles. The number of hydrogen-bond donors (Lipinski definition) is 0. The van der Waals surface area contributed by atoms with E-state index in [4.69, 9.17) is 4.74 Å². The van der Waals surface area contributed by atoms with Crippen LogP contribution in [0.25, 0.3) is 0 Å². The van der Waals surface area contributed by atoms with E-state index in [1.54, 1.807) is 0 Å². The number of rotatable bonds is 5. The van der Waals surface area contributed by atoms with E-state index in [-0.39, 0.29) is 21.6 Å².